The van der Waals surface area contributed by atoms with Crippen molar-refractivity contribution >= 4 is 5.88 Å². The van der Waals surface area contributed by atoms with Crippen molar-refractivity contribution in [1.29, 1.82) is 5.26 Å². The first kappa shape index (κ1) is 18.5. The number of nitrogens with zero attached hydrogens (tertiary/aromatic N) is 3. The van der Waals surface area contributed by atoms with Gasteiger partial charge in [-0.05, 0) is 32.3 Å². The van der Waals surface area contributed by atoms with Gasteiger partial charge in [-0.1, -0.05) is 36.4 Å². The van der Waals surface area contributed by atoms with Gasteiger partial charge in [0.2, 0.25) is 17.5 Å². The fraction of sp³-hybridized carbons (Fsp3) is 0.238. The number of methoxy groups -OCH3 is 1. The van der Waals surface area contributed by atoms with Gasteiger partial charge in [0, 0.05) is 17.7 Å². The lowest BCUT2D eigenvalue weighted by Crippen LogP contribution is -2.27. The molecule has 6 heteroatoms. The first-order chi connectivity index (χ1) is 13.1. The van der Waals surface area contributed by atoms with Gasteiger partial charge in [-0.15, -0.1) is 0 Å². The lowest BCUT2D eigenvalue weighted by atomic mass is 10.0. The zero-order chi connectivity index (χ0) is 19.2. The lowest BCUT2D eigenvalue weighted by Gasteiger charge is -2.26. The van der Waals surface area contributed by atoms with Crippen LogP contribution < -0.4 is 10.1 Å². The van der Waals surface area contributed by atoms with E-state index in [1.165, 1.54) is 0 Å². The van der Waals surface area contributed by atoms with E-state index in [0.29, 0.717) is 18.3 Å². The van der Waals surface area contributed by atoms with Crippen molar-refractivity contribution in [1.82, 2.24) is 9.88 Å². The van der Waals surface area contributed by atoms with Crippen LogP contribution in [0.1, 0.15) is 17.3 Å². The Balaban J connectivity index is 1.84. The summed E-state index contributed by atoms with van der Waals surface area (Å²) in [6, 6.07) is 19.5. The van der Waals surface area contributed by atoms with E-state index >= 15 is 0 Å². The number of anilines is 1. The molecule has 27 heavy (non-hydrogen) atoms. The minimum Gasteiger partial charge on any atom is -0.496 e. The molecule has 0 saturated heterocycles. The van der Waals surface area contributed by atoms with Gasteiger partial charge < -0.3 is 19.4 Å². The predicted octanol–water partition coefficient (Wildman–Crippen LogP) is 3.94. The second kappa shape index (κ2) is 8.39. The smallest absolute Gasteiger partial charge is 0.232 e. The monoisotopic (exact) mass is 362 g/mol. The number of likely N-dealkylation sites (N-methyl/N-ethyl adjacent to an activating group) is 1. The summed E-state index contributed by atoms with van der Waals surface area (Å²) < 4.78 is 11.3. The molecule has 1 unspecified atom stereocenters. The molecule has 0 spiro atoms. The summed E-state index contributed by atoms with van der Waals surface area (Å²) in [5.41, 5.74) is 2.13. The Kier molecular flexibility index (Phi) is 5.74. The quantitative estimate of drug-likeness (QED) is 0.686. The number of para-hydroxylation sites is 1. The third-order valence-electron chi connectivity index (χ3n) is 4.33. The van der Waals surface area contributed by atoms with E-state index in [0.717, 1.165) is 16.9 Å². The Morgan fingerprint density at radius 1 is 1.15 bits per heavy atom. The summed E-state index contributed by atoms with van der Waals surface area (Å²) in [6.45, 7) is 0.533. The van der Waals surface area contributed by atoms with Crippen molar-refractivity contribution in [3.05, 3.63) is 65.9 Å². The molecule has 3 rings (SSSR count). The number of rotatable bonds is 7. The van der Waals surface area contributed by atoms with Crippen molar-refractivity contribution in [2.24, 2.45) is 0 Å². The Morgan fingerprint density at radius 3 is 2.52 bits per heavy atom. The van der Waals surface area contributed by atoms with Crippen molar-refractivity contribution < 1.29 is 9.15 Å². The number of hydrogen-bond acceptors (Lipinski definition) is 6. The van der Waals surface area contributed by atoms with Gasteiger partial charge in [-0.2, -0.15) is 10.2 Å². The van der Waals surface area contributed by atoms with Crippen molar-refractivity contribution in [2.75, 3.05) is 33.1 Å². The van der Waals surface area contributed by atoms with E-state index in [4.69, 9.17) is 9.15 Å². The highest BCUT2D eigenvalue weighted by Crippen LogP contribution is 2.30. The number of aromatic nitrogens is 1. The van der Waals surface area contributed by atoms with E-state index in [1.54, 1.807) is 7.11 Å². The third kappa shape index (κ3) is 4.10. The van der Waals surface area contributed by atoms with Crippen LogP contribution in [-0.2, 0) is 0 Å². The minimum absolute atomic E-state index is 0.0259. The van der Waals surface area contributed by atoms with Crippen LogP contribution in [0.15, 0.2) is 59.0 Å². The Hall–Kier alpha value is -3.30. The molecule has 0 aliphatic carbocycles. The summed E-state index contributed by atoms with van der Waals surface area (Å²) in [5, 5.41) is 12.6. The van der Waals surface area contributed by atoms with Crippen LogP contribution >= 0.6 is 0 Å². The SMILES string of the molecule is COc1ccccc1C(CNc1oc(-c2ccccc2)nc1C#N)N(C)C. The van der Waals surface area contributed by atoms with Crippen molar-refractivity contribution in [2.45, 2.75) is 6.04 Å². The molecule has 0 amide bonds. The predicted molar refractivity (Wildman–Crippen MR) is 105 cm³/mol. The number of ether oxygens (including phenoxy) is 1. The molecular weight excluding hydrogens is 340 g/mol. The first-order valence-electron chi connectivity index (χ1n) is 8.63. The highest BCUT2D eigenvalue weighted by molar-refractivity contribution is 5.58. The third-order valence-corrected chi connectivity index (χ3v) is 4.33. The summed E-state index contributed by atoms with van der Waals surface area (Å²) >= 11 is 0. The number of nitrogens with one attached hydrogen (secondary N) is 1. The van der Waals surface area contributed by atoms with E-state index < -0.39 is 0 Å². The zero-order valence-electron chi connectivity index (χ0n) is 15.6. The normalized spacial score (nSPS) is 11.8. The second-order valence-corrected chi connectivity index (χ2v) is 6.28. The molecule has 1 atom stereocenters. The molecule has 138 valence electrons. The van der Waals surface area contributed by atoms with Crippen LogP contribution in [0.5, 0.6) is 5.75 Å². The van der Waals surface area contributed by atoms with E-state index in [9.17, 15) is 5.26 Å². The maximum Gasteiger partial charge on any atom is 0.232 e. The Labute approximate surface area is 159 Å². The summed E-state index contributed by atoms with van der Waals surface area (Å²) in [7, 11) is 5.66. The standard InChI is InChI=1S/C21H22N4O2/c1-25(2)18(16-11-7-8-12-19(16)26-3)14-23-21-17(13-22)24-20(27-21)15-9-5-4-6-10-15/h4-12,18,23H,14H2,1-3H3. The van der Waals surface area contributed by atoms with Gasteiger partial charge in [0.1, 0.15) is 11.8 Å². The summed E-state index contributed by atoms with van der Waals surface area (Å²) in [5.74, 6) is 1.62. The van der Waals surface area contributed by atoms with Gasteiger partial charge in [-0.25, -0.2) is 0 Å². The topological polar surface area (TPSA) is 74.3 Å². The number of nitriles is 1. The van der Waals surface area contributed by atoms with Crippen LogP contribution in [0.4, 0.5) is 5.88 Å². The van der Waals surface area contributed by atoms with Gasteiger partial charge in [0.05, 0.1) is 13.2 Å². The summed E-state index contributed by atoms with van der Waals surface area (Å²) in [6.07, 6.45) is 0. The van der Waals surface area contributed by atoms with Gasteiger partial charge >= 0.3 is 0 Å². The van der Waals surface area contributed by atoms with Crippen LogP contribution in [0.2, 0.25) is 0 Å². The lowest BCUT2D eigenvalue weighted by molar-refractivity contribution is 0.299. The highest BCUT2D eigenvalue weighted by Gasteiger charge is 2.20. The fourth-order valence-electron chi connectivity index (χ4n) is 2.92. The molecule has 1 heterocycles. The van der Waals surface area contributed by atoms with Crippen LogP contribution in [0.3, 0.4) is 0 Å². The van der Waals surface area contributed by atoms with E-state index in [-0.39, 0.29) is 11.7 Å². The molecule has 0 saturated carbocycles. The molecule has 1 N–H and O–H groups in total. The van der Waals surface area contributed by atoms with E-state index in [1.807, 2.05) is 68.7 Å². The Morgan fingerprint density at radius 2 is 1.85 bits per heavy atom. The zero-order valence-corrected chi connectivity index (χ0v) is 15.6. The van der Waals surface area contributed by atoms with Crippen LogP contribution in [0.25, 0.3) is 11.5 Å². The van der Waals surface area contributed by atoms with Gasteiger partial charge in [-0.3, -0.25) is 0 Å². The van der Waals surface area contributed by atoms with Crippen LogP contribution in [0, 0.1) is 11.3 Å². The largest absolute Gasteiger partial charge is 0.496 e. The molecule has 0 fully saturated rings. The molecule has 6 nitrogen and oxygen atoms in total. The number of oxazole rings is 1. The molecule has 0 bridgehead atoms. The average molecular weight is 362 g/mol. The van der Waals surface area contributed by atoms with E-state index in [2.05, 4.69) is 21.3 Å². The maximum absolute atomic E-state index is 9.41. The minimum atomic E-state index is 0.0259. The van der Waals surface area contributed by atoms with Crippen molar-refractivity contribution in [3.63, 3.8) is 0 Å². The molecule has 3 aromatic rings. The van der Waals surface area contributed by atoms with Crippen LogP contribution in [-0.4, -0.2) is 37.6 Å². The molecule has 0 radical (unpaired) electrons. The number of benzene rings is 2. The first-order valence-corrected chi connectivity index (χ1v) is 8.63. The van der Waals surface area contributed by atoms with Gasteiger partial charge in [0.25, 0.3) is 0 Å². The van der Waals surface area contributed by atoms with Crippen molar-refractivity contribution in [3.8, 4) is 23.3 Å². The summed E-state index contributed by atoms with van der Waals surface area (Å²) in [4.78, 5) is 6.39. The molecular formula is C21H22N4O2. The highest BCUT2D eigenvalue weighted by atomic mass is 16.5. The molecule has 1 aromatic heterocycles. The second-order valence-electron chi connectivity index (χ2n) is 6.28. The maximum atomic E-state index is 9.41. The molecule has 0 aliphatic rings. The molecule has 2 aromatic carbocycles. The Bertz CT molecular complexity index is 929. The number of hydrogen-bond donors (Lipinski definition) is 1. The van der Waals surface area contributed by atoms with Gasteiger partial charge in [0.15, 0.2) is 0 Å². The fourth-order valence-corrected chi connectivity index (χ4v) is 2.92. The molecule has 0 aliphatic heterocycles. The average Bonchev–Trinajstić information content (AvgIpc) is 3.12.